The molecule has 1 aliphatic heterocycles. The van der Waals surface area contributed by atoms with E-state index in [1.165, 1.54) is 17.3 Å². The van der Waals surface area contributed by atoms with E-state index in [4.69, 9.17) is 0 Å². The van der Waals surface area contributed by atoms with E-state index in [9.17, 15) is 9.59 Å². The highest BCUT2D eigenvalue weighted by Gasteiger charge is 2.28. The van der Waals surface area contributed by atoms with Crippen LogP contribution in [0.2, 0.25) is 0 Å². The first kappa shape index (κ1) is 24.3. The number of benzene rings is 1. The molecule has 0 saturated carbocycles. The van der Waals surface area contributed by atoms with E-state index >= 15 is 0 Å². The first-order valence-electron chi connectivity index (χ1n) is 11.5. The van der Waals surface area contributed by atoms with Crippen LogP contribution in [0.5, 0.6) is 0 Å². The lowest BCUT2D eigenvalue weighted by Gasteiger charge is -2.36. The van der Waals surface area contributed by atoms with Crippen molar-refractivity contribution in [2.24, 2.45) is 7.05 Å². The number of carbonyl (C=O) groups excluding carboxylic acids is 1. The van der Waals surface area contributed by atoms with Crippen molar-refractivity contribution in [1.29, 1.82) is 0 Å². The van der Waals surface area contributed by atoms with Gasteiger partial charge >= 0.3 is 0 Å². The van der Waals surface area contributed by atoms with Gasteiger partial charge in [-0.3, -0.25) is 19.1 Å². The summed E-state index contributed by atoms with van der Waals surface area (Å²) < 4.78 is 1.55. The highest BCUT2D eigenvalue weighted by molar-refractivity contribution is 8.00. The van der Waals surface area contributed by atoms with Gasteiger partial charge in [0.25, 0.3) is 5.56 Å². The summed E-state index contributed by atoms with van der Waals surface area (Å²) in [4.78, 5) is 34.5. The zero-order valence-electron chi connectivity index (χ0n) is 19.4. The van der Waals surface area contributed by atoms with Crippen LogP contribution in [0.25, 0.3) is 6.08 Å². The molecule has 0 aliphatic carbocycles. The summed E-state index contributed by atoms with van der Waals surface area (Å²) in [5.41, 5.74) is 1.91. The number of aromatic nitrogens is 2. The predicted molar refractivity (Wildman–Crippen MR) is 132 cm³/mol. The fraction of sp³-hybridized carbons (Fsp3) is 0.480. The Balaban J connectivity index is 1.57. The van der Waals surface area contributed by atoms with Crippen LogP contribution in [0.15, 0.2) is 52.4 Å². The molecule has 1 aromatic heterocycles. The summed E-state index contributed by atoms with van der Waals surface area (Å²) in [7, 11) is 1.73. The fourth-order valence-corrected chi connectivity index (χ4v) is 5.00. The Kier molecular flexibility index (Phi) is 9.11. The lowest BCUT2D eigenvalue weighted by atomic mass is 10.2. The minimum Gasteiger partial charge on any atom is -0.339 e. The Bertz CT molecular complexity index is 966. The summed E-state index contributed by atoms with van der Waals surface area (Å²) in [5.74, 6) is 0.160. The first-order chi connectivity index (χ1) is 15.5. The maximum absolute atomic E-state index is 13.3. The molecular formula is C25H34N4O2S. The lowest BCUT2D eigenvalue weighted by Crippen LogP contribution is -2.51. The van der Waals surface area contributed by atoms with Gasteiger partial charge in [0.2, 0.25) is 5.91 Å². The van der Waals surface area contributed by atoms with Crippen LogP contribution in [0.4, 0.5) is 0 Å². The predicted octanol–water partition coefficient (Wildman–Crippen LogP) is 3.46. The Morgan fingerprint density at radius 2 is 1.88 bits per heavy atom. The third kappa shape index (κ3) is 6.56. The van der Waals surface area contributed by atoms with Gasteiger partial charge in [-0.15, -0.1) is 0 Å². The van der Waals surface area contributed by atoms with Crippen LogP contribution in [0.3, 0.4) is 0 Å². The lowest BCUT2D eigenvalue weighted by molar-refractivity contribution is -0.132. The Labute approximate surface area is 195 Å². The third-order valence-electron chi connectivity index (χ3n) is 5.74. The second-order valence-electron chi connectivity index (χ2n) is 8.11. The number of rotatable bonds is 9. The van der Waals surface area contributed by atoms with Crippen molar-refractivity contribution in [3.8, 4) is 0 Å². The van der Waals surface area contributed by atoms with Crippen LogP contribution in [-0.2, 0) is 18.3 Å². The highest BCUT2D eigenvalue weighted by atomic mass is 32.2. The number of thioether (sulfide) groups is 1. The van der Waals surface area contributed by atoms with Crippen molar-refractivity contribution in [3.05, 3.63) is 64.1 Å². The van der Waals surface area contributed by atoms with Crippen molar-refractivity contribution in [3.63, 3.8) is 0 Å². The maximum atomic E-state index is 13.3. The minimum atomic E-state index is -0.213. The molecule has 32 heavy (non-hydrogen) atoms. The Morgan fingerprint density at radius 1 is 1.16 bits per heavy atom. The van der Waals surface area contributed by atoms with Crippen LogP contribution < -0.4 is 5.56 Å². The molecule has 2 heterocycles. The van der Waals surface area contributed by atoms with Crippen LogP contribution in [-0.4, -0.2) is 63.2 Å². The molecule has 1 fully saturated rings. The molecule has 0 N–H and O–H groups in total. The minimum absolute atomic E-state index is 0.0702. The zero-order valence-corrected chi connectivity index (χ0v) is 20.2. The fourth-order valence-electron chi connectivity index (χ4n) is 3.73. The van der Waals surface area contributed by atoms with Gasteiger partial charge in [0.1, 0.15) is 0 Å². The van der Waals surface area contributed by atoms with Crippen molar-refractivity contribution in [2.75, 3.05) is 32.7 Å². The van der Waals surface area contributed by atoms with E-state index in [1.807, 2.05) is 30.0 Å². The highest BCUT2D eigenvalue weighted by Crippen LogP contribution is 2.26. The third-order valence-corrected chi connectivity index (χ3v) is 7.04. The molecule has 1 unspecified atom stereocenters. The average molecular weight is 455 g/mol. The summed E-state index contributed by atoms with van der Waals surface area (Å²) in [6, 6.07) is 11.9. The van der Waals surface area contributed by atoms with E-state index in [0.29, 0.717) is 11.6 Å². The molecule has 1 aromatic carbocycles. The van der Waals surface area contributed by atoms with Crippen LogP contribution in [0, 0.1) is 0 Å². The summed E-state index contributed by atoms with van der Waals surface area (Å²) in [6.45, 7) is 8.18. The van der Waals surface area contributed by atoms with E-state index in [1.54, 1.807) is 17.7 Å². The van der Waals surface area contributed by atoms with Gasteiger partial charge in [0.15, 0.2) is 5.16 Å². The number of piperazine rings is 1. The first-order valence-corrected chi connectivity index (χ1v) is 12.4. The van der Waals surface area contributed by atoms with Gasteiger partial charge in [-0.2, -0.15) is 0 Å². The standard InChI is InChI=1S/C25H34N4O2S/c1-4-10-22(32-25-26-21(5-2)19-23(30)27(25)3)24(31)29-17-15-28(16-18-29)14-9-13-20-11-7-6-8-12-20/h6-9,11-13,19,22H,4-5,10,14-18H2,1-3H3/b13-9+. The molecule has 0 bridgehead atoms. The van der Waals surface area contributed by atoms with Crippen molar-refractivity contribution in [2.45, 2.75) is 43.5 Å². The van der Waals surface area contributed by atoms with Crippen molar-refractivity contribution in [1.82, 2.24) is 19.4 Å². The Hall–Kier alpha value is -2.38. The van der Waals surface area contributed by atoms with E-state index in [2.05, 4.69) is 41.1 Å². The molecule has 2 aromatic rings. The second kappa shape index (κ2) is 12.0. The van der Waals surface area contributed by atoms with Gasteiger partial charge in [-0.05, 0) is 18.4 Å². The van der Waals surface area contributed by atoms with Crippen molar-refractivity contribution >= 4 is 23.7 Å². The van der Waals surface area contributed by atoms with Gasteiger partial charge < -0.3 is 4.90 Å². The van der Waals surface area contributed by atoms with Gasteiger partial charge in [0.05, 0.1) is 5.25 Å². The summed E-state index contributed by atoms with van der Waals surface area (Å²) >= 11 is 1.43. The quantitative estimate of drug-likeness (QED) is 0.429. The average Bonchev–Trinajstić information content (AvgIpc) is 2.82. The van der Waals surface area contributed by atoms with Crippen LogP contribution in [0.1, 0.15) is 37.9 Å². The zero-order chi connectivity index (χ0) is 22.9. The molecule has 1 amide bonds. The molecule has 0 spiro atoms. The molecule has 7 heteroatoms. The largest absolute Gasteiger partial charge is 0.339 e. The van der Waals surface area contributed by atoms with E-state index in [0.717, 1.165) is 51.3 Å². The molecule has 0 radical (unpaired) electrons. The van der Waals surface area contributed by atoms with Gasteiger partial charge in [-0.1, -0.05) is 74.5 Å². The second-order valence-corrected chi connectivity index (χ2v) is 9.28. The number of hydrogen-bond donors (Lipinski definition) is 0. The maximum Gasteiger partial charge on any atom is 0.254 e. The molecule has 1 aliphatic rings. The molecule has 172 valence electrons. The smallest absolute Gasteiger partial charge is 0.254 e. The normalized spacial score (nSPS) is 15.9. The molecular weight excluding hydrogens is 420 g/mol. The van der Waals surface area contributed by atoms with Crippen LogP contribution >= 0.6 is 11.8 Å². The SMILES string of the molecule is CCCC(Sc1nc(CC)cc(=O)n1C)C(=O)N1CCN(C/C=C/c2ccccc2)CC1. The number of carbonyl (C=O) groups is 1. The Morgan fingerprint density at radius 3 is 2.53 bits per heavy atom. The molecule has 3 rings (SSSR count). The van der Waals surface area contributed by atoms with Gasteiger partial charge in [-0.25, -0.2) is 4.98 Å². The van der Waals surface area contributed by atoms with Gasteiger partial charge in [0, 0.05) is 51.5 Å². The van der Waals surface area contributed by atoms with E-state index in [-0.39, 0.29) is 16.7 Å². The summed E-state index contributed by atoms with van der Waals surface area (Å²) in [6.07, 6.45) is 6.73. The number of hydrogen-bond acceptors (Lipinski definition) is 5. The van der Waals surface area contributed by atoms with Crippen molar-refractivity contribution < 1.29 is 4.79 Å². The molecule has 1 atom stereocenters. The number of aryl methyl sites for hydroxylation is 1. The number of nitrogens with zero attached hydrogens (tertiary/aromatic N) is 4. The van der Waals surface area contributed by atoms with E-state index < -0.39 is 0 Å². The molecule has 1 saturated heterocycles. The topological polar surface area (TPSA) is 58.4 Å². The number of amides is 1. The molecule has 6 nitrogen and oxygen atoms in total. The summed E-state index contributed by atoms with van der Waals surface area (Å²) in [5, 5.41) is 0.417. The monoisotopic (exact) mass is 454 g/mol.